The number of aromatic nitrogens is 1. The minimum atomic E-state index is -0.231. The van der Waals surface area contributed by atoms with Crippen molar-refractivity contribution in [1.82, 2.24) is 4.98 Å². The van der Waals surface area contributed by atoms with Gasteiger partial charge in [0.15, 0.2) is 5.13 Å². The lowest BCUT2D eigenvalue weighted by atomic mass is 10.1. The third kappa shape index (κ3) is 5.45. The molecule has 0 radical (unpaired) electrons. The Morgan fingerprint density at radius 2 is 2.06 bits per heavy atom. The fourth-order valence-corrected chi connectivity index (χ4v) is 5.59. The first-order valence-electron chi connectivity index (χ1n) is 10.7. The maximum absolute atomic E-state index is 13.2. The van der Waals surface area contributed by atoms with Gasteiger partial charge < -0.3 is 4.74 Å². The Kier molecular flexibility index (Phi) is 7.25. The molecule has 0 spiro atoms. The molecule has 1 aromatic heterocycles. The van der Waals surface area contributed by atoms with Gasteiger partial charge in [0.2, 0.25) is 5.91 Å². The smallest absolute Gasteiger partial charge is 0.228 e. The van der Waals surface area contributed by atoms with E-state index in [4.69, 9.17) is 9.72 Å². The number of amides is 1. The molecule has 1 aliphatic rings. The number of rotatable bonds is 8. The Morgan fingerprint density at radius 1 is 1.26 bits per heavy atom. The SMILES string of the molecule is Cc1ccc2sc(N(CC3CCCO3)C(=O)CCCSc3ccc(F)cc3)nc2c1C. The summed E-state index contributed by atoms with van der Waals surface area (Å²) >= 11 is 3.22. The summed E-state index contributed by atoms with van der Waals surface area (Å²) in [6, 6.07) is 10.7. The van der Waals surface area contributed by atoms with E-state index in [1.165, 1.54) is 23.3 Å². The van der Waals surface area contributed by atoms with Gasteiger partial charge in [0.05, 0.1) is 22.9 Å². The zero-order valence-electron chi connectivity index (χ0n) is 17.9. The summed E-state index contributed by atoms with van der Waals surface area (Å²) in [4.78, 5) is 20.9. The Labute approximate surface area is 190 Å². The van der Waals surface area contributed by atoms with Crippen molar-refractivity contribution in [2.24, 2.45) is 0 Å². The summed E-state index contributed by atoms with van der Waals surface area (Å²) in [6.45, 7) is 5.49. The van der Waals surface area contributed by atoms with E-state index in [2.05, 4.69) is 26.0 Å². The highest BCUT2D eigenvalue weighted by Gasteiger charge is 2.26. The van der Waals surface area contributed by atoms with E-state index in [1.54, 1.807) is 35.2 Å². The van der Waals surface area contributed by atoms with E-state index >= 15 is 0 Å². The molecule has 0 aliphatic carbocycles. The molecule has 164 valence electrons. The minimum Gasteiger partial charge on any atom is -0.376 e. The molecule has 3 aromatic rings. The standard InChI is InChI=1S/C24H27FN2O2S2/c1-16-7-12-21-23(17(16)2)26-24(31-21)27(15-19-5-3-13-29-19)22(28)6-4-14-30-20-10-8-18(25)9-11-20/h7-12,19H,3-6,13-15H2,1-2H3. The number of aryl methyl sites for hydroxylation is 2. The number of hydrogen-bond acceptors (Lipinski definition) is 5. The molecule has 2 aromatic carbocycles. The van der Waals surface area contributed by atoms with Gasteiger partial charge in [-0.1, -0.05) is 17.4 Å². The predicted octanol–water partition coefficient (Wildman–Crippen LogP) is 6.14. The van der Waals surface area contributed by atoms with Crippen LogP contribution in [0.5, 0.6) is 0 Å². The van der Waals surface area contributed by atoms with Gasteiger partial charge in [-0.3, -0.25) is 9.69 Å². The molecule has 1 unspecified atom stereocenters. The molecule has 0 N–H and O–H groups in total. The van der Waals surface area contributed by atoms with E-state index in [-0.39, 0.29) is 17.8 Å². The van der Waals surface area contributed by atoms with Crippen LogP contribution in [0.4, 0.5) is 9.52 Å². The normalized spacial score (nSPS) is 16.2. The number of anilines is 1. The number of thiazole rings is 1. The van der Waals surface area contributed by atoms with Crippen LogP contribution in [-0.4, -0.2) is 35.9 Å². The van der Waals surface area contributed by atoms with Crippen molar-refractivity contribution in [3.63, 3.8) is 0 Å². The first-order valence-corrected chi connectivity index (χ1v) is 12.5. The van der Waals surface area contributed by atoms with Gasteiger partial charge in [0.1, 0.15) is 5.82 Å². The quantitative estimate of drug-likeness (QED) is 0.300. The van der Waals surface area contributed by atoms with Gasteiger partial charge >= 0.3 is 0 Å². The lowest BCUT2D eigenvalue weighted by Crippen LogP contribution is -2.37. The zero-order chi connectivity index (χ0) is 21.8. The number of fused-ring (bicyclic) bond motifs is 1. The maximum Gasteiger partial charge on any atom is 0.228 e. The molecular weight excluding hydrogens is 431 g/mol. The highest BCUT2D eigenvalue weighted by atomic mass is 32.2. The summed E-state index contributed by atoms with van der Waals surface area (Å²) in [6.07, 6.45) is 3.31. The zero-order valence-corrected chi connectivity index (χ0v) is 19.5. The van der Waals surface area contributed by atoms with Crippen LogP contribution < -0.4 is 4.90 Å². The molecule has 1 aliphatic heterocycles. The lowest BCUT2D eigenvalue weighted by Gasteiger charge is -2.23. The molecule has 7 heteroatoms. The number of halogens is 1. The van der Waals surface area contributed by atoms with Gasteiger partial charge in [-0.05, 0) is 80.3 Å². The molecule has 1 saturated heterocycles. The van der Waals surface area contributed by atoms with Crippen molar-refractivity contribution in [3.8, 4) is 0 Å². The number of ether oxygens (including phenoxy) is 1. The van der Waals surface area contributed by atoms with Crippen LogP contribution in [0.15, 0.2) is 41.3 Å². The first-order chi connectivity index (χ1) is 15.0. The summed E-state index contributed by atoms with van der Waals surface area (Å²) in [5.41, 5.74) is 3.36. The molecule has 1 fully saturated rings. The number of carbonyl (C=O) groups excluding carboxylic acids is 1. The lowest BCUT2D eigenvalue weighted by molar-refractivity contribution is -0.119. The van der Waals surface area contributed by atoms with Crippen LogP contribution in [-0.2, 0) is 9.53 Å². The summed E-state index contributed by atoms with van der Waals surface area (Å²) in [7, 11) is 0. The third-order valence-corrected chi connectivity index (χ3v) is 7.77. The molecular formula is C24H27FN2O2S2. The van der Waals surface area contributed by atoms with E-state index in [0.717, 1.165) is 51.9 Å². The summed E-state index contributed by atoms with van der Waals surface area (Å²) in [5.74, 6) is 0.665. The topological polar surface area (TPSA) is 42.4 Å². The first kappa shape index (κ1) is 22.2. The number of benzene rings is 2. The highest BCUT2D eigenvalue weighted by Crippen LogP contribution is 2.33. The van der Waals surface area contributed by atoms with Crippen molar-refractivity contribution in [1.29, 1.82) is 0 Å². The van der Waals surface area contributed by atoms with Crippen LogP contribution in [0, 0.1) is 19.7 Å². The number of thioether (sulfide) groups is 1. The van der Waals surface area contributed by atoms with Crippen molar-refractivity contribution >= 4 is 44.4 Å². The highest BCUT2D eigenvalue weighted by molar-refractivity contribution is 7.99. The fourth-order valence-electron chi connectivity index (χ4n) is 3.69. The van der Waals surface area contributed by atoms with Gasteiger partial charge in [0.25, 0.3) is 0 Å². The molecule has 0 saturated carbocycles. The molecule has 4 nitrogen and oxygen atoms in total. The monoisotopic (exact) mass is 458 g/mol. The molecule has 2 heterocycles. The molecule has 1 atom stereocenters. The number of hydrogen-bond donors (Lipinski definition) is 0. The predicted molar refractivity (Wildman–Crippen MR) is 127 cm³/mol. The van der Waals surface area contributed by atoms with E-state index in [1.807, 2.05) is 4.90 Å². The molecule has 1 amide bonds. The molecule has 31 heavy (non-hydrogen) atoms. The summed E-state index contributed by atoms with van der Waals surface area (Å²) < 4.78 is 20.0. The van der Waals surface area contributed by atoms with Gasteiger partial charge in [-0.25, -0.2) is 9.37 Å². The second kappa shape index (κ2) is 10.1. The van der Waals surface area contributed by atoms with Gasteiger partial charge in [0, 0.05) is 17.9 Å². The Morgan fingerprint density at radius 3 is 2.81 bits per heavy atom. The second-order valence-electron chi connectivity index (χ2n) is 7.90. The summed E-state index contributed by atoms with van der Waals surface area (Å²) in [5, 5.41) is 0.760. The average Bonchev–Trinajstić information content (AvgIpc) is 3.43. The Balaban J connectivity index is 1.44. The largest absolute Gasteiger partial charge is 0.376 e. The van der Waals surface area contributed by atoms with Crippen molar-refractivity contribution in [2.45, 2.75) is 50.5 Å². The fraction of sp³-hybridized carbons (Fsp3) is 0.417. The minimum absolute atomic E-state index is 0.0763. The van der Waals surface area contributed by atoms with Crippen molar-refractivity contribution < 1.29 is 13.9 Å². The number of nitrogens with zero attached hydrogens (tertiary/aromatic N) is 2. The van der Waals surface area contributed by atoms with Gasteiger partial charge in [-0.15, -0.1) is 11.8 Å². The molecule has 0 bridgehead atoms. The Hall–Kier alpha value is -1.96. The molecule has 4 rings (SSSR count). The van der Waals surface area contributed by atoms with E-state index in [0.29, 0.717) is 13.0 Å². The maximum atomic E-state index is 13.2. The van der Waals surface area contributed by atoms with Crippen molar-refractivity contribution in [3.05, 3.63) is 53.3 Å². The average molecular weight is 459 g/mol. The van der Waals surface area contributed by atoms with Crippen LogP contribution in [0.1, 0.15) is 36.8 Å². The van der Waals surface area contributed by atoms with Crippen LogP contribution in [0.25, 0.3) is 10.2 Å². The van der Waals surface area contributed by atoms with Crippen LogP contribution in [0.2, 0.25) is 0 Å². The van der Waals surface area contributed by atoms with Crippen LogP contribution >= 0.6 is 23.1 Å². The Bertz CT molecular complexity index is 1050. The van der Waals surface area contributed by atoms with E-state index in [9.17, 15) is 9.18 Å². The number of carbonyl (C=O) groups is 1. The third-order valence-electron chi connectivity index (χ3n) is 5.63. The second-order valence-corrected chi connectivity index (χ2v) is 10.1. The van der Waals surface area contributed by atoms with E-state index < -0.39 is 0 Å². The van der Waals surface area contributed by atoms with Gasteiger partial charge in [-0.2, -0.15) is 0 Å². The van der Waals surface area contributed by atoms with Crippen LogP contribution in [0.3, 0.4) is 0 Å². The van der Waals surface area contributed by atoms with Crippen molar-refractivity contribution in [2.75, 3.05) is 23.8 Å².